The summed E-state index contributed by atoms with van der Waals surface area (Å²) >= 11 is 0. The third kappa shape index (κ3) is 1.28. The maximum absolute atomic E-state index is 9.06. The number of aromatic nitrogens is 3. The number of nitriles is 1. The number of H-pyrrole nitrogens is 2. The quantitative estimate of drug-likeness (QED) is 0.589. The molecule has 0 atom stereocenters. The second-order valence-electron chi connectivity index (χ2n) is 3.72. The molecule has 5 heteroatoms. The van der Waals surface area contributed by atoms with Crippen molar-refractivity contribution in [1.29, 1.82) is 5.26 Å². The van der Waals surface area contributed by atoms with Gasteiger partial charge in [-0.3, -0.25) is 5.10 Å². The Morgan fingerprint density at radius 2 is 2.12 bits per heavy atom. The van der Waals surface area contributed by atoms with Crippen molar-refractivity contribution < 1.29 is 0 Å². The SMILES string of the molecule is N#Cc1c(N)n[nH]c1-c1c[nH]c2ccccc12. The summed E-state index contributed by atoms with van der Waals surface area (Å²) in [6.45, 7) is 0. The highest BCUT2D eigenvalue weighted by Crippen LogP contribution is 2.30. The third-order valence-corrected chi connectivity index (χ3v) is 2.76. The van der Waals surface area contributed by atoms with Gasteiger partial charge in [0.1, 0.15) is 11.6 Å². The monoisotopic (exact) mass is 223 g/mol. The van der Waals surface area contributed by atoms with Crippen molar-refractivity contribution in [3.05, 3.63) is 36.0 Å². The van der Waals surface area contributed by atoms with Crippen LogP contribution in [0.2, 0.25) is 0 Å². The van der Waals surface area contributed by atoms with Crippen molar-refractivity contribution in [2.45, 2.75) is 0 Å². The Hall–Kier alpha value is -2.74. The first kappa shape index (κ1) is 9.48. The van der Waals surface area contributed by atoms with Gasteiger partial charge in [-0.1, -0.05) is 18.2 Å². The first-order valence-electron chi connectivity index (χ1n) is 5.11. The van der Waals surface area contributed by atoms with Gasteiger partial charge in [-0.25, -0.2) is 0 Å². The predicted molar refractivity (Wildman–Crippen MR) is 65.0 cm³/mol. The van der Waals surface area contributed by atoms with Gasteiger partial charge >= 0.3 is 0 Å². The molecule has 1 aromatic carbocycles. The normalized spacial score (nSPS) is 10.5. The lowest BCUT2D eigenvalue weighted by Gasteiger charge is -1.95. The van der Waals surface area contributed by atoms with Crippen molar-refractivity contribution in [2.24, 2.45) is 0 Å². The van der Waals surface area contributed by atoms with E-state index >= 15 is 0 Å². The molecule has 0 aliphatic heterocycles. The number of nitrogen functional groups attached to an aromatic ring is 1. The molecule has 0 radical (unpaired) electrons. The van der Waals surface area contributed by atoms with E-state index < -0.39 is 0 Å². The second kappa shape index (κ2) is 3.39. The summed E-state index contributed by atoms with van der Waals surface area (Å²) in [5, 5.41) is 16.8. The molecule has 0 fully saturated rings. The van der Waals surface area contributed by atoms with E-state index in [1.165, 1.54) is 0 Å². The Morgan fingerprint density at radius 3 is 2.94 bits per heavy atom. The Bertz CT molecular complexity index is 729. The van der Waals surface area contributed by atoms with Gasteiger partial charge < -0.3 is 10.7 Å². The molecule has 0 unspecified atom stereocenters. The van der Waals surface area contributed by atoms with Crippen LogP contribution in [0.1, 0.15) is 5.56 Å². The topological polar surface area (TPSA) is 94.3 Å². The van der Waals surface area contributed by atoms with Crippen LogP contribution in [0.3, 0.4) is 0 Å². The van der Waals surface area contributed by atoms with Crippen LogP contribution >= 0.6 is 0 Å². The molecule has 17 heavy (non-hydrogen) atoms. The number of para-hydroxylation sites is 1. The lowest BCUT2D eigenvalue weighted by atomic mass is 10.1. The fraction of sp³-hybridized carbons (Fsp3) is 0. The molecule has 3 aromatic rings. The largest absolute Gasteiger partial charge is 0.381 e. The summed E-state index contributed by atoms with van der Waals surface area (Å²) < 4.78 is 0. The number of hydrogen-bond acceptors (Lipinski definition) is 3. The van der Waals surface area contributed by atoms with E-state index in [9.17, 15) is 0 Å². The van der Waals surface area contributed by atoms with Gasteiger partial charge in [-0.05, 0) is 6.07 Å². The van der Waals surface area contributed by atoms with Crippen molar-refractivity contribution >= 4 is 16.7 Å². The minimum Gasteiger partial charge on any atom is -0.381 e. The lowest BCUT2D eigenvalue weighted by Crippen LogP contribution is -1.87. The average Bonchev–Trinajstić information content (AvgIpc) is 2.92. The minimum atomic E-state index is 0.229. The third-order valence-electron chi connectivity index (χ3n) is 2.76. The number of fused-ring (bicyclic) bond motifs is 1. The number of rotatable bonds is 1. The van der Waals surface area contributed by atoms with Crippen LogP contribution in [0.4, 0.5) is 5.82 Å². The van der Waals surface area contributed by atoms with E-state index in [0.29, 0.717) is 11.3 Å². The van der Waals surface area contributed by atoms with Gasteiger partial charge in [0.2, 0.25) is 0 Å². The van der Waals surface area contributed by atoms with E-state index in [1.807, 2.05) is 30.5 Å². The molecule has 0 aliphatic carbocycles. The van der Waals surface area contributed by atoms with Gasteiger partial charge in [0.05, 0.1) is 5.69 Å². The van der Waals surface area contributed by atoms with Crippen LogP contribution in [-0.2, 0) is 0 Å². The van der Waals surface area contributed by atoms with E-state index in [2.05, 4.69) is 21.3 Å². The summed E-state index contributed by atoms with van der Waals surface area (Å²) in [5.74, 6) is 0.229. The Morgan fingerprint density at radius 1 is 1.29 bits per heavy atom. The summed E-state index contributed by atoms with van der Waals surface area (Å²) in [6, 6.07) is 9.93. The molecular weight excluding hydrogens is 214 g/mol. The number of nitrogens with zero attached hydrogens (tertiary/aromatic N) is 2. The fourth-order valence-electron chi connectivity index (χ4n) is 1.94. The molecule has 0 amide bonds. The number of benzene rings is 1. The van der Waals surface area contributed by atoms with Crippen LogP contribution in [0.25, 0.3) is 22.2 Å². The van der Waals surface area contributed by atoms with Crippen molar-refractivity contribution in [3.63, 3.8) is 0 Å². The minimum absolute atomic E-state index is 0.229. The summed E-state index contributed by atoms with van der Waals surface area (Å²) in [6.07, 6.45) is 1.85. The molecule has 3 rings (SSSR count). The fourth-order valence-corrected chi connectivity index (χ4v) is 1.94. The van der Waals surface area contributed by atoms with E-state index in [4.69, 9.17) is 11.0 Å². The van der Waals surface area contributed by atoms with Crippen LogP contribution < -0.4 is 5.73 Å². The average molecular weight is 223 g/mol. The van der Waals surface area contributed by atoms with Crippen LogP contribution in [0, 0.1) is 11.3 Å². The zero-order valence-electron chi connectivity index (χ0n) is 8.86. The molecule has 0 aliphatic rings. The Kier molecular flexibility index (Phi) is 1.89. The zero-order valence-corrected chi connectivity index (χ0v) is 8.86. The first-order valence-corrected chi connectivity index (χ1v) is 5.11. The van der Waals surface area contributed by atoms with E-state index in [-0.39, 0.29) is 5.82 Å². The Balaban J connectivity index is 2.32. The zero-order chi connectivity index (χ0) is 11.8. The van der Waals surface area contributed by atoms with E-state index in [1.54, 1.807) is 0 Å². The molecule has 0 saturated carbocycles. The number of hydrogen-bond donors (Lipinski definition) is 3. The first-order chi connectivity index (χ1) is 8.31. The standard InChI is InChI=1S/C12H9N5/c13-5-8-11(16-17-12(8)14)9-6-15-10-4-2-1-3-7(9)10/h1-4,6,15H,(H3,14,16,17). The molecule has 4 N–H and O–H groups in total. The maximum Gasteiger partial charge on any atom is 0.163 e. The van der Waals surface area contributed by atoms with Gasteiger partial charge in [0.25, 0.3) is 0 Å². The van der Waals surface area contributed by atoms with Gasteiger partial charge in [-0.15, -0.1) is 0 Å². The molecule has 0 spiro atoms. The van der Waals surface area contributed by atoms with E-state index in [0.717, 1.165) is 16.5 Å². The van der Waals surface area contributed by atoms with Gasteiger partial charge in [-0.2, -0.15) is 10.4 Å². The highest BCUT2D eigenvalue weighted by Gasteiger charge is 2.15. The number of aromatic amines is 2. The highest BCUT2D eigenvalue weighted by molar-refractivity contribution is 5.96. The molecular formula is C12H9N5. The number of nitrogens with one attached hydrogen (secondary N) is 2. The Labute approximate surface area is 96.9 Å². The molecule has 0 saturated heterocycles. The van der Waals surface area contributed by atoms with Gasteiger partial charge in [0.15, 0.2) is 5.82 Å². The molecule has 2 heterocycles. The van der Waals surface area contributed by atoms with Crippen LogP contribution in [-0.4, -0.2) is 15.2 Å². The van der Waals surface area contributed by atoms with Crippen molar-refractivity contribution in [1.82, 2.24) is 15.2 Å². The van der Waals surface area contributed by atoms with Crippen LogP contribution in [0.5, 0.6) is 0 Å². The van der Waals surface area contributed by atoms with Crippen molar-refractivity contribution in [3.8, 4) is 17.3 Å². The van der Waals surface area contributed by atoms with Crippen LogP contribution in [0.15, 0.2) is 30.5 Å². The predicted octanol–water partition coefficient (Wildman–Crippen LogP) is 2.01. The molecule has 5 nitrogen and oxygen atoms in total. The summed E-state index contributed by atoms with van der Waals surface area (Å²) in [4.78, 5) is 3.15. The summed E-state index contributed by atoms with van der Waals surface area (Å²) in [5.41, 5.74) is 8.58. The molecule has 82 valence electrons. The number of anilines is 1. The second-order valence-corrected chi connectivity index (χ2v) is 3.72. The molecule has 2 aromatic heterocycles. The lowest BCUT2D eigenvalue weighted by molar-refractivity contribution is 1.10. The smallest absolute Gasteiger partial charge is 0.163 e. The molecule has 0 bridgehead atoms. The summed E-state index contributed by atoms with van der Waals surface area (Å²) in [7, 11) is 0. The van der Waals surface area contributed by atoms with Gasteiger partial charge in [0, 0.05) is 22.7 Å². The maximum atomic E-state index is 9.06. The van der Waals surface area contributed by atoms with Crippen molar-refractivity contribution in [2.75, 3.05) is 5.73 Å². The highest BCUT2D eigenvalue weighted by atomic mass is 15.2. The number of nitrogens with two attached hydrogens (primary N) is 1.